The highest BCUT2D eigenvalue weighted by Gasteiger charge is 2.16. The van der Waals surface area contributed by atoms with Crippen molar-refractivity contribution in [2.75, 3.05) is 7.05 Å². The van der Waals surface area contributed by atoms with Crippen LogP contribution in [0.4, 0.5) is 0 Å². The summed E-state index contributed by atoms with van der Waals surface area (Å²) >= 11 is 4.39. The van der Waals surface area contributed by atoms with Crippen molar-refractivity contribution in [1.82, 2.24) is 10.3 Å². The molecule has 1 rings (SSSR count). The molecule has 1 aromatic rings. The third-order valence-corrected chi connectivity index (χ3v) is 3.48. The lowest BCUT2D eigenvalue weighted by Crippen LogP contribution is -2.12. The lowest BCUT2D eigenvalue weighted by Gasteiger charge is -1.98. The van der Waals surface area contributed by atoms with E-state index >= 15 is 0 Å². The minimum Gasteiger partial charge on any atom is -0.359 e. The van der Waals surface area contributed by atoms with Crippen molar-refractivity contribution >= 4 is 57.6 Å². The van der Waals surface area contributed by atoms with Gasteiger partial charge in [-0.3, -0.25) is 4.98 Å². The summed E-state index contributed by atoms with van der Waals surface area (Å²) in [6.45, 7) is 3.73. The van der Waals surface area contributed by atoms with Gasteiger partial charge in [-0.2, -0.15) is 2.79 Å². The van der Waals surface area contributed by atoms with Gasteiger partial charge in [0.05, 0.1) is 6.20 Å². The second kappa shape index (κ2) is 6.94. The van der Waals surface area contributed by atoms with Crippen molar-refractivity contribution in [1.29, 1.82) is 0 Å². The van der Waals surface area contributed by atoms with Crippen molar-refractivity contribution in [3.05, 3.63) is 40.4 Å². The molecule has 0 unspecified atom stereocenters. The molecule has 0 radical (unpaired) electrons. The van der Waals surface area contributed by atoms with Gasteiger partial charge in [0.15, 0.2) is 0 Å². The Morgan fingerprint density at radius 3 is 3.00 bits per heavy atom. The highest BCUT2D eigenvalue weighted by molar-refractivity contribution is 14.1. The Hall–Kier alpha value is -0.510. The maximum Gasteiger partial charge on any atom is 0.343 e. The van der Waals surface area contributed by atoms with Gasteiger partial charge >= 0.3 is 5.84 Å². The molecule has 84 valence electrons. The van der Waals surface area contributed by atoms with Crippen LogP contribution in [0.2, 0.25) is 0 Å². The van der Waals surface area contributed by atoms with Gasteiger partial charge in [0.25, 0.3) is 0 Å². The number of amidine groups is 1. The first-order valence-corrected chi connectivity index (χ1v) is 6.49. The molecule has 1 aromatic heterocycles. The number of pyridine rings is 1. The highest BCUT2D eigenvalue weighted by Crippen LogP contribution is 2.13. The molecule has 0 saturated carbocycles. The lowest BCUT2D eigenvalue weighted by atomic mass is 10.2. The summed E-state index contributed by atoms with van der Waals surface area (Å²) in [5, 5.41) is 2.87. The first kappa shape index (κ1) is 13.6. The topological polar surface area (TPSA) is 40.3 Å². The van der Waals surface area contributed by atoms with E-state index in [1.807, 2.05) is 8.86 Å². The van der Waals surface area contributed by atoms with E-state index in [9.17, 15) is 0 Å². The molecular weight excluding hydrogens is 430 g/mol. The van der Waals surface area contributed by atoms with Gasteiger partial charge in [-0.1, -0.05) is 6.58 Å². The monoisotopic (exact) mass is 441 g/mol. The van der Waals surface area contributed by atoms with Gasteiger partial charge in [-0.25, -0.2) is 0 Å². The van der Waals surface area contributed by atoms with Crippen molar-refractivity contribution in [3.8, 4) is 0 Å². The van der Waals surface area contributed by atoms with E-state index in [0.29, 0.717) is 0 Å². The van der Waals surface area contributed by atoms with Crippen LogP contribution in [0.15, 0.2) is 36.2 Å². The molecule has 4 nitrogen and oxygen atoms in total. The van der Waals surface area contributed by atoms with Crippen LogP contribution in [0.3, 0.4) is 0 Å². The molecule has 0 atom stereocenters. The van der Waals surface area contributed by atoms with E-state index < -0.39 is 0 Å². The van der Waals surface area contributed by atoms with Crippen molar-refractivity contribution in [2.45, 2.75) is 0 Å². The standard InChI is InChI=1S/C10H10I2N4/c1-3-16(12)10(15-7-13-2)8-6-14-5-4-9(8)11/h3-7H,1H2,2H3/p+1. The van der Waals surface area contributed by atoms with Crippen LogP contribution in [0, 0.1) is 3.57 Å². The average molecular weight is 441 g/mol. The second-order valence-electron chi connectivity index (χ2n) is 2.72. The molecule has 1 heterocycles. The summed E-state index contributed by atoms with van der Waals surface area (Å²) in [5.41, 5.74) is 0.976. The lowest BCUT2D eigenvalue weighted by molar-refractivity contribution is -0.200. The highest BCUT2D eigenvalue weighted by atomic mass is 127. The predicted molar refractivity (Wildman–Crippen MR) is 83.1 cm³/mol. The van der Waals surface area contributed by atoms with Gasteiger partial charge in [-0.05, 0) is 33.6 Å². The van der Waals surface area contributed by atoms with Gasteiger partial charge in [0.1, 0.15) is 5.56 Å². The molecule has 0 aromatic carbocycles. The summed E-state index contributed by atoms with van der Waals surface area (Å²) < 4.78 is 2.92. The normalized spacial score (nSPS) is 12.4. The van der Waals surface area contributed by atoms with Gasteiger partial charge < -0.3 is 5.32 Å². The van der Waals surface area contributed by atoms with E-state index in [2.05, 4.69) is 67.3 Å². The molecule has 0 saturated heterocycles. The van der Waals surface area contributed by atoms with Crippen molar-refractivity contribution in [2.24, 2.45) is 4.99 Å². The number of halogens is 2. The van der Waals surface area contributed by atoms with E-state index in [4.69, 9.17) is 0 Å². The SMILES string of the molecule is C=C/[N+](I)=C(\N=C/NC)c1cnccc1I. The van der Waals surface area contributed by atoms with Gasteiger partial charge in [0.2, 0.25) is 29.2 Å². The molecule has 6 heteroatoms. The molecule has 0 aliphatic heterocycles. The van der Waals surface area contributed by atoms with Crippen molar-refractivity contribution in [3.63, 3.8) is 0 Å². The third-order valence-electron chi connectivity index (χ3n) is 1.69. The zero-order chi connectivity index (χ0) is 12.0. The molecule has 0 aliphatic rings. The van der Waals surface area contributed by atoms with E-state index in [1.165, 1.54) is 0 Å². The summed E-state index contributed by atoms with van der Waals surface area (Å²) in [5.74, 6) is 0.794. The molecule has 0 spiro atoms. The summed E-state index contributed by atoms with van der Waals surface area (Å²) in [6.07, 6.45) is 6.88. The molecule has 0 fully saturated rings. The molecule has 0 bridgehead atoms. The Kier molecular flexibility index (Phi) is 5.88. The minimum atomic E-state index is 0.794. The fraction of sp³-hybridized carbons (Fsp3) is 0.100. The first-order valence-electron chi connectivity index (χ1n) is 4.45. The molecular formula is C10H11I2N4+. The number of nitrogens with one attached hydrogen (secondary N) is 1. The zero-order valence-corrected chi connectivity index (χ0v) is 13.0. The number of nitrogens with zero attached hydrogens (tertiary/aromatic N) is 3. The Morgan fingerprint density at radius 2 is 2.44 bits per heavy atom. The minimum absolute atomic E-state index is 0.794. The second-order valence-corrected chi connectivity index (χ2v) is 4.92. The average Bonchev–Trinajstić information content (AvgIpc) is 2.31. The van der Waals surface area contributed by atoms with Crippen molar-refractivity contribution < 1.29 is 2.79 Å². The van der Waals surface area contributed by atoms with Crippen LogP contribution >= 0.6 is 45.5 Å². The number of hydrogen-bond donors (Lipinski definition) is 1. The number of aliphatic imine (C=N–C) groups is 1. The molecule has 1 N–H and O–H groups in total. The smallest absolute Gasteiger partial charge is 0.343 e. The van der Waals surface area contributed by atoms with Crippen LogP contribution in [-0.4, -0.2) is 27.0 Å². The summed E-state index contributed by atoms with van der Waals surface area (Å²) in [7, 11) is 1.81. The van der Waals surface area contributed by atoms with E-state index in [-0.39, 0.29) is 0 Å². The maximum absolute atomic E-state index is 4.33. The Labute approximate surface area is 122 Å². The Morgan fingerprint density at radius 1 is 1.69 bits per heavy atom. The summed E-state index contributed by atoms with van der Waals surface area (Å²) in [4.78, 5) is 8.43. The van der Waals surface area contributed by atoms with Crippen LogP contribution in [0.25, 0.3) is 0 Å². The Balaban J connectivity index is 3.28. The van der Waals surface area contributed by atoms with Crippen LogP contribution in [0.5, 0.6) is 0 Å². The van der Waals surface area contributed by atoms with Crippen LogP contribution < -0.4 is 5.32 Å². The maximum atomic E-state index is 4.33. The largest absolute Gasteiger partial charge is 0.359 e. The van der Waals surface area contributed by atoms with Crippen LogP contribution in [0.1, 0.15) is 5.56 Å². The third kappa shape index (κ3) is 3.51. The predicted octanol–water partition coefficient (Wildman–Crippen LogP) is 2.19. The zero-order valence-electron chi connectivity index (χ0n) is 8.69. The fourth-order valence-corrected chi connectivity index (χ4v) is 1.92. The molecule has 0 aliphatic carbocycles. The van der Waals surface area contributed by atoms with Gasteiger partial charge in [-0.15, -0.1) is 0 Å². The van der Waals surface area contributed by atoms with Crippen LogP contribution in [-0.2, 0) is 0 Å². The first-order chi connectivity index (χ1) is 7.70. The number of rotatable bonds is 3. The Bertz CT molecular complexity index is 440. The fourth-order valence-electron chi connectivity index (χ4n) is 0.994. The number of aromatic nitrogens is 1. The van der Waals surface area contributed by atoms with E-state index in [1.54, 1.807) is 32.0 Å². The molecule has 0 amide bonds. The summed E-state index contributed by atoms with van der Waals surface area (Å²) in [6, 6.07) is 1.94. The van der Waals surface area contributed by atoms with Gasteiger partial charge in [0, 0.05) is 23.0 Å². The quantitative estimate of drug-likeness (QED) is 0.339. The number of hydrogen-bond acceptors (Lipinski definition) is 1. The van der Waals surface area contributed by atoms with E-state index in [0.717, 1.165) is 15.0 Å². The molecule has 16 heavy (non-hydrogen) atoms.